The summed E-state index contributed by atoms with van der Waals surface area (Å²) in [7, 11) is 1.66. The number of rotatable bonds is 3. The number of hydrogen-bond acceptors (Lipinski definition) is 3. The molecule has 2 aliphatic rings. The molecule has 1 unspecified atom stereocenters. The third kappa shape index (κ3) is 2.25. The van der Waals surface area contributed by atoms with Crippen molar-refractivity contribution in [1.82, 2.24) is 15.1 Å². The predicted octanol–water partition coefficient (Wildman–Crippen LogP) is 0.780. The number of carbonyl (C=O) groups is 2. The summed E-state index contributed by atoms with van der Waals surface area (Å²) in [5, 5.41) is 12.0. The van der Waals surface area contributed by atoms with Crippen molar-refractivity contribution in [2.75, 3.05) is 26.7 Å². The van der Waals surface area contributed by atoms with Crippen LogP contribution in [0.25, 0.3) is 0 Å². The zero-order valence-electron chi connectivity index (χ0n) is 12.7. The zero-order chi connectivity index (χ0) is 15.9. The number of benzene rings is 1. The normalized spacial score (nSPS) is 21.3. The molecule has 0 saturated carbocycles. The van der Waals surface area contributed by atoms with Gasteiger partial charge in [-0.05, 0) is 12.5 Å². The van der Waals surface area contributed by atoms with E-state index >= 15 is 0 Å². The van der Waals surface area contributed by atoms with Crippen LogP contribution in [0, 0.1) is 6.92 Å². The number of likely N-dealkylation sites (N-methyl/N-ethyl adjacent to an activating group) is 1. The van der Waals surface area contributed by atoms with Gasteiger partial charge in [0, 0.05) is 13.6 Å². The Labute approximate surface area is 129 Å². The average Bonchev–Trinajstić information content (AvgIpc) is 2.82. The zero-order valence-corrected chi connectivity index (χ0v) is 12.7. The minimum Gasteiger partial charge on any atom is -0.395 e. The van der Waals surface area contributed by atoms with Crippen molar-refractivity contribution in [2.45, 2.75) is 13.0 Å². The number of aryl methyl sites for hydroxylation is 1. The summed E-state index contributed by atoms with van der Waals surface area (Å²) in [5.41, 5.74) is 3.32. The monoisotopic (exact) mass is 301 g/mol. The van der Waals surface area contributed by atoms with Crippen LogP contribution in [-0.4, -0.2) is 53.6 Å². The average molecular weight is 301 g/mol. The lowest BCUT2D eigenvalue weighted by atomic mass is 9.95. The Morgan fingerprint density at radius 3 is 2.59 bits per heavy atom. The van der Waals surface area contributed by atoms with Crippen molar-refractivity contribution in [3.05, 3.63) is 46.7 Å². The van der Waals surface area contributed by atoms with Crippen molar-refractivity contribution in [3.8, 4) is 0 Å². The van der Waals surface area contributed by atoms with E-state index in [1.165, 1.54) is 4.90 Å². The number of aliphatic hydroxyl groups excluding tert-OH is 1. The standard InChI is InChI=1S/C16H19N3O3/c1-10-3-5-11(6-4-10)14-13-12(18(2)16(22)17-14)9-19(7-8-20)15(13)21/h3-6,14,20H,7-9H2,1-2H3,(H,17,22). The first-order chi connectivity index (χ1) is 10.5. The summed E-state index contributed by atoms with van der Waals surface area (Å²) >= 11 is 0. The van der Waals surface area contributed by atoms with Gasteiger partial charge in [0.25, 0.3) is 5.91 Å². The number of nitrogens with zero attached hydrogens (tertiary/aromatic N) is 2. The third-order valence-corrected chi connectivity index (χ3v) is 4.22. The van der Waals surface area contributed by atoms with Gasteiger partial charge in [-0.3, -0.25) is 9.69 Å². The SMILES string of the molecule is Cc1ccc(C2NC(=O)N(C)C3=C2C(=O)N(CCO)C3)cc1. The first-order valence-electron chi connectivity index (χ1n) is 7.27. The van der Waals surface area contributed by atoms with Gasteiger partial charge in [-0.25, -0.2) is 4.79 Å². The Hall–Kier alpha value is -2.34. The quantitative estimate of drug-likeness (QED) is 0.866. The van der Waals surface area contributed by atoms with Crippen LogP contribution in [0.3, 0.4) is 0 Å². The first-order valence-corrected chi connectivity index (χ1v) is 7.27. The summed E-state index contributed by atoms with van der Waals surface area (Å²) in [4.78, 5) is 27.8. The molecule has 0 saturated heterocycles. The lowest BCUT2D eigenvalue weighted by Crippen LogP contribution is -2.45. The minimum atomic E-state index is -0.435. The van der Waals surface area contributed by atoms with Gasteiger partial charge >= 0.3 is 6.03 Å². The Balaban J connectivity index is 2.02. The smallest absolute Gasteiger partial charge is 0.322 e. The topological polar surface area (TPSA) is 72.9 Å². The lowest BCUT2D eigenvalue weighted by molar-refractivity contribution is -0.126. The molecule has 22 heavy (non-hydrogen) atoms. The Kier molecular flexibility index (Phi) is 3.62. The highest BCUT2D eigenvalue weighted by molar-refractivity contribution is 6.01. The Morgan fingerprint density at radius 1 is 1.27 bits per heavy atom. The van der Waals surface area contributed by atoms with Crippen LogP contribution in [-0.2, 0) is 4.79 Å². The molecule has 1 aromatic carbocycles. The van der Waals surface area contributed by atoms with Gasteiger partial charge in [-0.15, -0.1) is 0 Å². The summed E-state index contributed by atoms with van der Waals surface area (Å²) in [6.07, 6.45) is 0. The van der Waals surface area contributed by atoms with Crippen LogP contribution >= 0.6 is 0 Å². The molecule has 1 aromatic rings. The minimum absolute atomic E-state index is 0.0907. The maximum Gasteiger partial charge on any atom is 0.322 e. The summed E-state index contributed by atoms with van der Waals surface area (Å²) in [6.45, 7) is 2.54. The van der Waals surface area contributed by atoms with Gasteiger partial charge in [0.05, 0.1) is 30.5 Å². The lowest BCUT2D eigenvalue weighted by Gasteiger charge is -2.31. The third-order valence-electron chi connectivity index (χ3n) is 4.22. The molecule has 0 spiro atoms. The molecule has 0 radical (unpaired) electrons. The van der Waals surface area contributed by atoms with Gasteiger partial charge in [-0.2, -0.15) is 0 Å². The van der Waals surface area contributed by atoms with Crippen molar-refractivity contribution in [3.63, 3.8) is 0 Å². The van der Waals surface area contributed by atoms with E-state index in [9.17, 15) is 9.59 Å². The maximum absolute atomic E-state index is 12.6. The molecule has 116 valence electrons. The fourth-order valence-electron chi connectivity index (χ4n) is 2.93. The van der Waals surface area contributed by atoms with Crippen molar-refractivity contribution < 1.29 is 14.7 Å². The van der Waals surface area contributed by atoms with Crippen LogP contribution in [0.1, 0.15) is 17.2 Å². The van der Waals surface area contributed by atoms with E-state index in [0.29, 0.717) is 17.8 Å². The van der Waals surface area contributed by atoms with Crippen LogP contribution in [0.4, 0.5) is 4.79 Å². The first kappa shape index (κ1) is 14.6. The highest BCUT2D eigenvalue weighted by Gasteiger charge is 2.42. The van der Waals surface area contributed by atoms with Crippen LogP contribution < -0.4 is 5.32 Å². The van der Waals surface area contributed by atoms with Gasteiger partial charge in [0.2, 0.25) is 0 Å². The van der Waals surface area contributed by atoms with E-state index in [2.05, 4.69) is 5.32 Å². The second-order valence-electron chi connectivity index (χ2n) is 5.66. The summed E-state index contributed by atoms with van der Waals surface area (Å²) in [6, 6.07) is 7.13. The molecule has 2 aliphatic heterocycles. The Bertz CT molecular complexity index is 651. The molecule has 2 N–H and O–H groups in total. The molecule has 3 amide bonds. The van der Waals surface area contributed by atoms with Crippen molar-refractivity contribution in [2.24, 2.45) is 0 Å². The molecule has 6 heteroatoms. The highest BCUT2D eigenvalue weighted by atomic mass is 16.3. The van der Waals surface area contributed by atoms with E-state index in [1.54, 1.807) is 11.9 Å². The number of nitrogens with one attached hydrogen (secondary N) is 1. The molecule has 0 aromatic heterocycles. The van der Waals surface area contributed by atoms with Crippen molar-refractivity contribution in [1.29, 1.82) is 0 Å². The summed E-state index contributed by atoms with van der Waals surface area (Å²) < 4.78 is 0. The number of carbonyl (C=O) groups excluding carboxylic acids is 2. The molecule has 1 atom stereocenters. The van der Waals surface area contributed by atoms with E-state index < -0.39 is 6.04 Å². The van der Waals surface area contributed by atoms with E-state index in [-0.39, 0.29) is 25.1 Å². The number of urea groups is 1. The molecule has 0 aliphatic carbocycles. The number of β-amino-alcohol motifs (C(OH)–C–C–N with tert-alkyl or cyclic N) is 1. The van der Waals surface area contributed by atoms with Crippen molar-refractivity contribution >= 4 is 11.9 Å². The molecular formula is C16H19N3O3. The molecule has 6 nitrogen and oxygen atoms in total. The highest BCUT2D eigenvalue weighted by Crippen LogP contribution is 2.35. The second kappa shape index (κ2) is 5.46. The summed E-state index contributed by atoms with van der Waals surface area (Å²) in [5.74, 6) is -0.124. The molecule has 3 rings (SSSR count). The van der Waals surface area contributed by atoms with Crippen LogP contribution in [0.15, 0.2) is 35.5 Å². The molecule has 2 heterocycles. The van der Waals surface area contributed by atoms with E-state index in [1.807, 2.05) is 31.2 Å². The van der Waals surface area contributed by atoms with Crippen LogP contribution in [0.5, 0.6) is 0 Å². The largest absolute Gasteiger partial charge is 0.395 e. The number of aliphatic hydroxyl groups is 1. The van der Waals surface area contributed by atoms with E-state index in [0.717, 1.165) is 11.1 Å². The molecular weight excluding hydrogens is 282 g/mol. The Morgan fingerprint density at radius 2 is 1.95 bits per heavy atom. The molecule has 0 fully saturated rings. The second-order valence-corrected chi connectivity index (χ2v) is 5.66. The molecule has 0 bridgehead atoms. The van der Waals surface area contributed by atoms with Gasteiger partial charge in [0.1, 0.15) is 0 Å². The fourth-order valence-corrected chi connectivity index (χ4v) is 2.93. The predicted molar refractivity (Wildman–Crippen MR) is 80.9 cm³/mol. The maximum atomic E-state index is 12.6. The number of amides is 3. The van der Waals surface area contributed by atoms with Gasteiger partial charge < -0.3 is 15.3 Å². The van der Waals surface area contributed by atoms with Crippen LogP contribution in [0.2, 0.25) is 0 Å². The fraction of sp³-hybridized carbons (Fsp3) is 0.375. The van der Waals surface area contributed by atoms with E-state index in [4.69, 9.17) is 5.11 Å². The van der Waals surface area contributed by atoms with Gasteiger partial charge in [0.15, 0.2) is 0 Å². The number of hydrogen-bond donors (Lipinski definition) is 2. The van der Waals surface area contributed by atoms with Gasteiger partial charge in [-0.1, -0.05) is 29.8 Å².